The van der Waals surface area contributed by atoms with Crippen LogP contribution in [0.3, 0.4) is 0 Å². The van der Waals surface area contributed by atoms with Crippen LogP contribution in [0.2, 0.25) is 0 Å². The fraction of sp³-hybridized carbons (Fsp3) is 0.750. The zero-order valence-electron chi connectivity index (χ0n) is 10.8. The second-order valence-electron chi connectivity index (χ2n) is 4.51. The molecular formula is C12H21N3O2. The summed E-state index contributed by atoms with van der Waals surface area (Å²) in [5.74, 6) is 0.752. The van der Waals surface area contributed by atoms with E-state index in [-0.39, 0.29) is 11.6 Å². The Labute approximate surface area is 102 Å². The van der Waals surface area contributed by atoms with Crippen LogP contribution in [0.25, 0.3) is 0 Å². The molecule has 0 aromatic carbocycles. The molecule has 1 atom stereocenters. The monoisotopic (exact) mass is 239 g/mol. The lowest BCUT2D eigenvalue weighted by Gasteiger charge is -2.45. The van der Waals surface area contributed by atoms with Gasteiger partial charge >= 0.3 is 0 Å². The van der Waals surface area contributed by atoms with Crippen LogP contribution in [0, 0.1) is 0 Å². The summed E-state index contributed by atoms with van der Waals surface area (Å²) >= 11 is 0. The van der Waals surface area contributed by atoms with E-state index in [1.54, 1.807) is 20.4 Å². The molecule has 2 rings (SSSR count). The zero-order valence-corrected chi connectivity index (χ0v) is 10.8. The van der Waals surface area contributed by atoms with E-state index in [2.05, 4.69) is 5.10 Å². The number of nitrogens with two attached hydrogens (primary N) is 1. The molecule has 96 valence electrons. The smallest absolute Gasteiger partial charge is 0.161 e. The van der Waals surface area contributed by atoms with Gasteiger partial charge in [-0.3, -0.25) is 4.68 Å². The van der Waals surface area contributed by atoms with Gasteiger partial charge in [-0.05, 0) is 26.2 Å². The molecule has 0 saturated heterocycles. The maximum absolute atomic E-state index is 6.38. The predicted molar refractivity (Wildman–Crippen MR) is 65.0 cm³/mol. The molecule has 1 aliphatic rings. The topological polar surface area (TPSA) is 62.3 Å². The van der Waals surface area contributed by atoms with Crippen LogP contribution in [0.5, 0.6) is 5.75 Å². The van der Waals surface area contributed by atoms with E-state index in [0.717, 1.165) is 30.8 Å². The zero-order chi connectivity index (χ0) is 12.5. The van der Waals surface area contributed by atoms with Gasteiger partial charge in [-0.1, -0.05) is 0 Å². The quantitative estimate of drug-likeness (QED) is 0.845. The van der Waals surface area contributed by atoms with E-state index in [4.69, 9.17) is 15.2 Å². The molecule has 0 bridgehead atoms. The summed E-state index contributed by atoms with van der Waals surface area (Å²) in [6.45, 7) is 2.83. The summed E-state index contributed by atoms with van der Waals surface area (Å²) in [5, 5.41) is 4.29. The summed E-state index contributed by atoms with van der Waals surface area (Å²) < 4.78 is 12.9. The van der Waals surface area contributed by atoms with Crippen molar-refractivity contribution in [3.8, 4) is 5.75 Å². The average molecular weight is 239 g/mol. The largest absolute Gasteiger partial charge is 0.493 e. The van der Waals surface area contributed by atoms with Crippen molar-refractivity contribution in [2.45, 2.75) is 44.4 Å². The molecule has 0 spiro atoms. The Hall–Kier alpha value is -1.07. The number of aryl methyl sites for hydroxylation is 1. The Morgan fingerprint density at radius 2 is 2.24 bits per heavy atom. The van der Waals surface area contributed by atoms with Gasteiger partial charge in [0.15, 0.2) is 5.75 Å². The third-order valence-corrected chi connectivity index (χ3v) is 3.83. The standard InChI is InChI=1S/C12H21N3O2/c1-4-15-10(9(16-2)8-14-15)11(13)12(17-3)6-5-7-12/h8,11H,4-7,13H2,1-3H3. The van der Waals surface area contributed by atoms with Crippen molar-refractivity contribution in [1.29, 1.82) is 0 Å². The van der Waals surface area contributed by atoms with E-state index >= 15 is 0 Å². The number of hydrogen-bond donors (Lipinski definition) is 1. The van der Waals surface area contributed by atoms with Crippen molar-refractivity contribution in [1.82, 2.24) is 9.78 Å². The van der Waals surface area contributed by atoms with E-state index < -0.39 is 0 Å². The van der Waals surface area contributed by atoms with Gasteiger partial charge in [-0.15, -0.1) is 0 Å². The molecule has 1 aromatic rings. The Kier molecular flexibility index (Phi) is 3.40. The highest BCUT2D eigenvalue weighted by Crippen LogP contribution is 2.45. The molecule has 1 saturated carbocycles. The first-order valence-corrected chi connectivity index (χ1v) is 6.09. The molecule has 0 radical (unpaired) electrons. The van der Waals surface area contributed by atoms with Crippen LogP contribution in [-0.4, -0.2) is 29.6 Å². The van der Waals surface area contributed by atoms with E-state index in [1.165, 1.54) is 6.42 Å². The minimum absolute atomic E-state index is 0.182. The van der Waals surface area contributed by atoms with E-state index in [9.17, 15) is 0 Å². The van der Waals surface area contributed by atoms with Crippen molar-refractivity contribution in [3.05, 3.63) is 11.9 Å². The van der Waals surface area contributed by atoms with Crippen LogP contribution in [-0.2, 0) is 11.3 Å². The van der Waals surface area contributed by atoms with Gasteiger partial charge in [0, 0.05) is 13.7 Å². The normalized spacial score (nSPS) is 19.8. The Morgan fingerprint density at radius 3 is 2.65 bits per heavy atom. The van der Waals surface area contributed by atoms with Crippen LogP contribution in [0.1, 0.15) is 37.9 Å². The first kappa shape index (κ1) is 12.4. The fourth-order valence-corrected chi connectivity index (χ4v) is 2.52. The van der Waals surface area contributed by atoms with Crippen LogP contribution in [0.4, 0.5) is 0 Å². The highest BCUT2D eigenvalue weighted by atomic mass is 16.5. The van der Waals surface area contributed by atoms with E-state index in [1.807, 2.05) is 11.6 Å². The van der Waals surface area contributed by atoms with Crippen molar-refractivity contribution >= 4 is 0 Å². The molecule has 1 aromatic heterocycles. The van der Waals surface area contributed by atoms with Gasteiger partial charge < -0.3 is 15.2 Å². The highest BCUT2D eigenvalue weighted by molar-refractivity contribution is 5.31. The summed E-state index contributed by atoms with van der Waals surface area (Å²) in [5.41, 5.74) is 7.08. The molecule has 0 aliphatic heterocycles. The van der Waals surface area contributed by atoms with Crippen LogP contribution in [0.15, 0.2) is 6.20 Å². The van der Waals surface area contributed by atoms with Gasteiger partial charge in [0.05, 0.1) is 30.6 Å². The second kappa shape index (κ2) is 4.66. The molecule has 2 N–H and O–H groups in total. The number of hydrogen-bond acceptors (Lipinski definition) is 4. The molecule has 5 nitrogen and oxygen atoms in total. The van der Waals surface area contributed by atoms with Gasteiger partial charge in [0.1, 0.15) is 0 Å². The number of ether oxygens (including phenoxy) is 2. The summed E-state index contributed by atoms with van der Waals surface area (Å²) in [6.07, 6.45) is 4.90. The molecular weight excluding hydrogens is 218 g/mol. The maximum atomic E-state index is 6.38. The van der Waals surface area contributed by atoms with Gasteiger partial charge in [-0.25, -0.2) is 0 Å². The molecule has 0 amide bonds. The third-order valence-electron chi connectivity index (χ3n) is 3.83. The molecule has 1 unspecified atom stereocenters. The second-order valence-corrected chi connectivity index (χ2v) is 4.51. The minimum atomic E-state index is -0.236. The number of aromatic nitrogens is 2. The first-order valence-electron chi connectivity index (χ1n) is 6.09. The van der Waals surface area contributed by atoms with Crippen LogP contribution >= 0.6 is 0 Å². The minimum Gasteiger partial charge on any atom is -0.493 e. The van der Waals surface area contributed by atoms with Crippen molar-refractivity contribution in [2.75, 3.05) is 14.2 Å². The van der Waals surface area contributed by atoms with E-state index in [0.29, 0.717) is 0 Å². The maximum Gasteiger partial charge on any atom is 0.161 e. The summed E-state index contributed by atoms with van der Waals surface area (Å²) in [4.78, 5) is 0. The van der Waals surface area contributed by atoms with Crippen molar-refractivity contribution in [3.63, 3.8) is 0 Å². The van der Waals surface area contributed by atoms with Crippen molar-refractivity contribution < 1.29 is 9.47 Å². The third kappa shape index (κ3) is 1.83. The lowest BCUT2D eigenvalue weighted by atomic mass is 9.73. The molecule has 1 fully saturated rings. The first-order chi connectivity index (χ1) is 8.18. The fourth-order valence-electron chi connectivity index (χ4n) is 2.52. The molecule has 1 heterocycles. The lowest BCUT2D eigenvalue weighted by Crippen LogP contribution is -2.49. The Morgan fingerprint density at radius 1 is 1.53 bits per heavy atom. The molecule has 5 heteroatoms. The van der Waals surface area contributed by atoms with Gasteiger partial charge in [0.2, 0.25) is 0 Å². The summed E-state index contributed by atoms with van der Waals surface area (Å²) in [7, 11) is 3.38. The number of methoxy groups -OCH3 is 2. The van der Waals surface area contributed by atoms with Crippen LogP contribution < -0.4 is 10.5 Å². The number of nitrogens with zero attached hydrogens (tertiary/aromatic N) is 2. The Balaban J connectivity index is 2.34. The molecule has 1 aliphatic carbocycles. The lowest BCUT2D eigenvalue weighted by molar-refractivity contribution is -0.0930. The predicted octanol–water partition coefficient (Wildman–Crippen LogP) is 1.48. The Bertz CT molecular complexity index is 358. The van der Waals surface area contributed by atoms with Crippen molar-refractivity contribution in [2.24, 2.45) is 5.73 Å². The average Bonchev–Trinajstić information content (AvgIpc) is 2.70. The summed E-state index contributed by atoms with van der Waals surface area (Å²) in [6, 6.07) is -0.182. The number of rotatable bonds is 5. The van der Waals surface area contributed by atoms with Gasteiger partial charge in [0.25, 0.3) is 0 Å². The SMILES string of the molecule is CCn1ncc(OC)c1C(N)C1(OC)CCC1. The molecule has 17 heavy (non-hydrogen) atoms. The van der Waals surface area contributed by atoms with Gasteiger partial charge in [-0.2, -0.15) is 5.10 Å². The highest BCUT2D eigenvalue weighted by Gasteiger charge is 2.45.